The number of hydrogen-bond donors (Lipinski definition) is 4. The Bertz CT molecular complexity index is 960. The van der Waals surface area contributed by atoms with Gasteiger partial charge in [0.15, 0.2) is 11.5 Å². The molecule has 5 nitrogen and oxygen atoms in total. The molecule has 4 rings (SSSR count). The normalized spacial score (nSPS) is 15.4. The van der Waals surface area contributed by atoms with Gasteiger partial charge in [0.05, 0.1) is 5.41 Å². The number of aromatic nitrogens is 1. The minimum absolute atomic E-state index is 0.0985. The van der Waals surface area contributed by atoms with Crippen molar-refractivity contribution in [3.8, 4) is 11.5 Å². The Kier molecular flexibility index (Phi) is 3.31. The predicted molar refractivity (Wildman–Crippen MR) is 95.3 cm³/mol. The molecule has 1 aromatic heterocycles. The lowest BCUT2D eigenvalue weighted by Gasteiger charge is -2.16. The van der Waals surface area contributed by atoms with E-state index in [0.717, 1.165) is 39.5 Å². The SMILES string of the molecule is O=C(Nc1ccc2[nH]cc(Br)c2c1)C1(c2ccc(O)c(O)c2)CC1. The van der Waals surface area contributed by atoms with Crippen LogP contribution in [0.4, 0.5) is 5.69 Å². The Morgan fingerprint density at radius 2 is 1.92 bits per heavy atom. The number of aromatic amines is 1. The van der Waals surface area contributed by atoms with Crippen LogP contribution in [0.2, 0.25) is 0 Å². The van der Waals surface area contributed by atoms with E-state index in [4.69, 9.17) is 0 Å². The lowest BCUT2D eigenvalue weighted by atomic mass is 9.94. The number of halogens is 1. The number of benzene rings is 2. The summed E-state index contributed by atoms with van der Waals surface area (Å²) in [7, 11) is 0. The average molecular weight is 387 g/mol. The van der Waals surface area contributed by atoms with Crippen molar-refractivity contribution in [2.45, 2.75) is 18.3 Å². The van der Waals surface area contributed by atoms with Gasteiger partial charge in [0.25, 0.3) is 0 Å². The molecule has 1 fully saturated rings. The molecule has 4 N–H and O–H groups in total. The van der Waals surface area contributed by atoms with Crippen molar-refractivity contribution < 1.29 is 15.0 Å². The molecule has 0 atom stereocenters. The molecule has 1 aliphatic rings. The third-order valence-electron chi connectivity index (χ3n) is 4.60. The van der Waals surface area contributed by atoms with Crippen molar-refractivity contribution in [3.63, 3.8) is 0 Å². The Balaban J connectivity index is 1.62. The van der Waals surface area contributed by atoms with Gasteiger partial charge in [0.2, 0.25) is 5.91 Å². The number of H-pyrrole nitrogens is 1. The highest BCUT2D eigenvalue weighted by atomic mass is 79.9. The van der Waals surface area contributed by atoms with Crippen LogP contribution in [0.5, 0.6) is 11.5 Å². The second-order valence-electron chi connectivity index (χ2n) is 6.14. The molecule has 0 bridgehead atoms. The molecule has 1 aliphatic carbocycles. The van der Waals surface area contributed by atoms with Gasteiger partial charge in [0.1, 0.15) is 0 Å². The van der Waals surface area contributed by atoms with Gasteiger partial charge < -0.3 is 20.5 Å². The van der Waals surface area contributed by atoms with E-state index >= 15 is 0 Å². The van der Waals surface area contributed by atoms with Gasteiger partial charge in [-0.1, -0.05) is 6.07 Å². The molecule has 0 unspecified atom stereocenters. The molecule has 24 heavy (non-hydrogen) atoms. The Morgan fingerprint density at radius 3 is 2.62 bits per heavy atom. The quantitative estimate of drug-likeness (QED) is 0.513. The number of phenols is 2. The third kappa shape index (κ3) is 2.34. The fourth-order valence-electron chi connectivity index (χ4n) is 3.01. The fraction of sp³-hybridized carbons (Fsp3) is 0.167. The number of phenolic OH excluding ortho intramolecular Hbond substituents is 2. The number of nitrogens with one attached hydrogen (secondary N) is 2. The maximum atomic E-state index is 12.8. The van der Waals surface area contributed by atoms with Crippen LogP contribution in [0, 0.1) is 0 Å². The molecule has 1 heterocycles. The van der Waals surface area contributed by atoms with Gasteiger partial charge in [-0.2, -0.15) is 0 Å². The van der Waals surface area contributed by atoms with Crippen molar-refractivity contribution in [2.75, 3.05) is 5.32 Å². The van der Waals surface area contributed by atoms with E-state index < -0.39 is 5.41 Å². The highest BCUT2D eigenvalue weighted by Gasteiger charge is 2.51. The summed E-state index contributed by atoms with van der Waals surface area (Å²) >= 11 is 3.48. The van der Waals surface area contributed by atoms with Crippen LogP contribution in [0.25, 0.3) is 10.9 Å². The van der Waals surface area contributed by atoms with E-state index in [9.17, 15) is 15.0 Å². The minimum atomic E-state index is -0.629. The molecule has 0 saturated heterocycles. The van der Waals surface area contributed by atoms with Crippen LogP contribution in [-0.4, -0.2) is 21.1 Å². The summed E-state index contributed by atoms with van der Waals surface area (Å²) in [5.41, 5.74) is 1.81. The molecule has 0 radical (unpaired) electrons. The molecule has 2 aromatic carbocycles. The second-order valence-corrected chi connectivity index (χ2v) is 6.99. The van der Waals surface area contributed by atoms with E-state index in [1.807, 2.05) is 24.4 Å². The monoisotopic (exact) mass is 386 g/mol. The first kappa shape index (κ1) is 15.1. The van der Waals surface area contributed by atoms with Crippen molar-refractivity contribution >= 4 is 38.4 Å². The number of carbonyl (C=O) groups excluding carboxylic acids is 1. The van der Waals surface area contributed by atoms with E-state index in [0.29, 0.717) is 0 Å². The zero-order valence-electron chi connectivity index (χ0n) is 12.6. The molecule has 1 saturated carbocycles. The van der Waals surface area contributed by atoms with Crippen LogP contribution < -0.4 is 5.32 Å². The smallest absolute Gasteiger partial charge is 0.235 e. The summed E-state index contributed by atoms with van der Waals surface area (Å²) in [6.45, 7) is 0. The van der Waals surface area contributed by atoms with Gasteiger partial charge in [-0.3, -0.25) is 4.79 Å². The Labute approximate surface area is 146 Å². The van der Waals surface area contributed by atoms with Gasteiger partial charge in [-0.05, 0) is 64.7 Å². The first-order valence-corrected chi connectivity index (χ1v) is 8.39. The van der Waals surface area contributed by atoms with Crippen LogP contribution >= 0.6 is 15.9 Å². The van der Waals surface area contributed by atoms with Gasteiger partial charge in [0, 0.05) is 27.3 Å². The van der Waals surface area contributed by atoms with Crippen LogP contribution in [0.15, 0.2) is 47.1 Å². The van der Waals surface area contributed by atoms with E-state index in [1.165, 1.54) is 12.1 Å². The average Bonchev–Trinajstić information content (AvgIpc) is 3.30. The summed E-state index contributed by atoms with van der Waals surface area (Å²) in [6.07, 6.45) is 3.30. The van der Waals surface area contributed by atoms with Crippen molar-refractivity contribution in [2.24, 2.45) is 0 Å². The highest BCUT2D eigenvalue weighted by molar-refractivity contribution is 9.10. The predicted octanol–water partition coefficient (Wildman–Crippen LogP) is 4.01. The number of anilines is 1. The van der Waals surface area contributed by atoms with Crippen LogP contribution in [-0.2, 0) is 10.2 Å². The standard InChI is InChI=1S/C18H15BrN2O3/c19-13-9-20-14-3-2-11(8-12(13)14)21-17(24)18(5-6-18)10-1-4-15(22)16(23)7-10/h1-4,7-9,20,22-23H,5-6H2,(H,21,24). The lowest BCUT2D eigenvalue weighted by molar-refractivity contribution is -0.118. The van der Waals surface area contributed by atoms with Crippen molar-refractivity contribution in [3.05, 3.63) is 52.6 Å². The zero-order valence-corrected chi connectivity index (χ0v) is 14.2. The molecule has 6 heteroatoms. The number of hydrogen-bond acceptors (Lipinski definition) is 3. The topological polar surface area (TPSA) is 85.4 Å². The first-order chi connectivity index (χ1) is 11.5. The number of fused-ring (bicyclic) bond motifs is 1. The number of carbonyl (C=O) groups is 1. The van der Waals surface area contributed by atoms with Crippen molar-refractivity contribution in [1.82, 2.24) is 4.98 Å². The number of amides is 1. The zero-order chi connectivity index (χ0) is 16.9. The molecular weight excluding hydrogens is 372 g/mol. The molecule has 3 aromatic rings. The van der Waals surface area contributed by atoms with Gasteiger partial charge in [-0.25, -0.2) is 0 Å². The number of aromatic hydroxyl groups is 2. The lowest BCUT2D eigenvalue weighted by Crippen LogP contribution is -2.27. The van der Waals surface area contributed by atoms with E-state index in [2.05, 4.69) is 26.2 Å². The van der Waals surface area contributed by atoms with E-state index in [1.54, 1.807) is 6.07 Å². The molecular formula is C18H15BrN2O3. The minimum Gasteiger partial charge on any atom is -0.504 e. The largest absolute Gasteiger partial charge is 0.504 e. The summed E-state index contributed by atoms with van der Waals surface area (Å²) < 4.78 is 0.943. The Hall–Kier alpha value is -2.47. The maximum absolute atomic E-state index is 12.8. The summed E-state index contributed by atoms with van der Waals surface area (Å²) in [5, 5.41) is 23.1. The molecule has 0 aliphatic heterocycles. The summed E-state index contributed by atoms with van der Waals surface area (Å²) in [5.74, 6) is -0.486. The van der Waals surface area contributed by atoms with Gasteiger partial charge in [-0.15, -0.1) is 0 Å². The van der Waals surface area contributed by atoms with Crippen LogP contribution in [0.3, 0.4) is 0 Å². The maximum Gasteiger partial charge on any atom is 0.235 e. The van der Waals surface area contributed by atoms with Crippen LogP contribution in [0.1, 0.15) is 18.4 Å². The highest BCUT2D eigenvalue weighted by Crippen LogP contribution is 2.50. The number of rotatable bonds is 3. The summed E-state index contributed by atoms with van der Waals surface area (Å²) in [4.78, 5) is 15.9. The first-order valence-electron chi connectivity index (χ1n) is 7.60. The van der Waals surface area contributed by atoms with Gasteiger partial charge >= 0.3 is 0 Å². The molecule has 0 spiro atoms. The van der Waals surface area contributed by atoms with Crippen molar-refractivity contribution in [1.29, 1.82) is 0 Å². The summed E-state index contributed by atoms with van der Waals surface area (Å²) in [6, 6.07) is 10.3. The second kappa shape index (κ2) is 5.27. The third-order valence-corrected chi connectivity index (χ3v) is 5.26. The van der Waals surface area contributed by atoms with E-state index in [-0.39, 0.29) is 17.4 Å². The molecule has 1 amide bonds. The molecule has 122 valence electrons. The Morgan fingerprint density at radius 1 is 1.12 bits per heavy atom. The fourth-order valence-corrected chi connectivity index (χ4v) is 3.45.